The highest BCUT2D eigenvalue weighted by atomic mass is 35.5. The average molecular weight is 459 g/mol. The van der Waals surface area contributed by atoms with E-state index in [-0.39, 0.29) is 21.7 Å². The number of nitrogens with one attached hydrogen (secondary N) is 1. The third kappa shape index (κ3) is 5.53. The van der Waals surface area contributed by atoms with E-state index in [1.165, 1.54) is 41.7 Å². The first-order valence-corrected chi connectivity index (χ1v) is 10.2. The van der Waals surface area contributed by atoms with Crippen LogP contribution < -0.4 is 5.32 Å². The van der Waals surface area contributed by atoms with Gasteiger partial charge in [0.15, 0.2) is 12.4 Å². The normalized spacial score (nSPS) is 10.4. The Morgan fingerprint density at radius 2 is 1.81 bits per heavy atom. The lowest BCUT2D eigenvalue weighted by Gasteiger charge is -2.09. The van der Waals surface area contributed by atoms with E-state index in [2.05, 4.69) is 5.32 Å². The van der Waals surface area contributed by atoms with Gasteiger partial charge < -0.3 is 10.1 Å². The lowest BCUT2D eigenvalue weighted by Crippen LogP contribution is -2.28. The summed E-state index contributed by atoms with van der Waals surface area (Å²) in [5.74, 6) is -1.97. The van der Waals surface area contributed by atoms with Gasteiger partial charge in [0.25, 0.3) is 11.6 Å². The summed E-state index contributed by atoms with van der Waals surface area (Å²) in [5, 5.41) is 15.5. The number of hydrogen-bond acceptors (Lipinski definition) is 7. The number of thiophene rings is 1. The van der Waals surface area contributed by atoms with E-state index < -0.39 is 34.9 Å². The molecule has 1 aromatic heterocycles. The van der Waals surface area contributed by atoms with Gasteiger partial charge in [-0.15, -0.1) is 11.3 Å². The van der Waals surface area contributed by atoms with Gasteiger partial charge in [0.1, 0.15) is 5.02 Å². The molecule has 1 amide bonds. The van der Waals surface area contributed by atoms with Gasteiger partial charge in [-0.3, -0.25) is 19.7 Å². The third-order valence-electron chi connectivity index (χ3n) is 4.17. The molecule has 0 aliphatic carbocycles. The molecule has 0 saturated carbocycles. The summed E-state index contributed by atoms with van der Waals surface area (Å²) in [6.45, 7) is -0.197. The number of nitrogens with zero attached hydrogens (tertiary/aromatic N) is 1. The first-order valence-electron chi connectivity index (χ1n) is 8.90. The summed E-state index contributed by atoms with van der Waals surface area (Å²) in [4.78, 5) is 48.6. The molecule has 1 heterocycles. The molecule has 0 aliphatic heterocycles. The fourth-order valence-electron chi connectivity index (χ4n) is 2.67. The monoisotopic (exact) mass is 458 g/mol. The zero-order valence-electron chi connectivity index (χ0n) is 15.9. The Kier molecular flexibility index (Phi) is 7.11. The minimum Gasteiger partial charge on any atom is -0.452 e. The molecule has 0 radical (unpaired) electrons. The largest absolute Gasteiger partial charge is 0.452 e. The smallest absolute Gasteiger partial charge is 0.339 e. The average Bonchev–Trinajstić information content (AvgIpc) is 3.29. The van der Waals surface area contributed by atoms with Crippen LogP contribution in [0.5, 0.6) is 0 Å². The molecule has 0 spiro atoms. The van der Waals surface area contributed by atoms with Crippen molar-refractivity contribution in [3.8, 4) is 0 Å². The molecular weight excluding hydrogens is 444 g/mol. The van der Waals surface area contributed by atoms with E-state index in [1.807, 2.05) is 17.5 Å². The molecule has 0 saturated heterocycles. The van der Waals surface area contributed by atoms with E-state index >= 15 is 0 Å². The van der Waals surface area contributed by atoms with Crippen LogP contribution in [0.4, 0.5) is 5.69 Å². The van der Waals surface area contributed by atoms with Crippen molar-refractivity contribution in [3.63, 3.8) is 0 Å². The number of amides is 1. The van der Waals surface area contributed by atoms with Gasteiger partial charge in [-0.05, 0) is 29.6 Å². The maximum atomic E-state index is 12.9. The van der Waals surface area contributed by atoms with E-state index in [1.54, 1.807) is 6.07 Å². The lowest BCUT2D eigenvalue weighted by molar-refractivity contribution is -0.384. The van der Waals surface area contributed by atoms with E-state index in [9.17, 15) is 24.5 Å². The lowest BCUT2D eigenvalue weighted by atomic mass is 9.98. The number of rotatable bonds is 8. The van der Waals surface area contributed by atoms with Crippen LogP contribution in [0.15, 0.2) is 60.0 Å². The van der Waals surface area contributed by atoms with E-state index in [4.69, 9.17) is 16.3 Å². The van der Waals surface area contributed by atoms with E-state index in [0.29, 0.717) is 6.54 Å². The molecule has 0 unspecified atom stereocenters. The summed E-state index contributed by atoms with van der Waals surface area (Å²) >= 11 is 7.27. The predicted molar refractivity (Wildman–Crippen MR) is 114 cm³/mol. The zero-order valence-corrected chi connectivity index (χ0v) is 17.4. The number of nitro benzene ring substituents is 1. The molecule has 0 atom stereocenters. The Bertz CT molecular complexity index is 1150. The second-order valence-corrected chi connectivity index (χ2v) is 7.67. The minimum atomic E-state index is -0.862. The zero-order chi connectivity index (χ0) is 22.4. The van der Waals surface area contributed by atoms with Crippen molar-refractivity contribution >= 4 is 46.3 Å². The topological polar surface area (TPSA) is 116 Å². The third-order valence-corrected chi connectivity index (χ3v) is 5.37. The highest BCUT2D eigenvalue weighted by molar-refractivity contribution is 7.09. The van der Waals surface area contributed by atoms with E-state index in [0.717, 1.165) is 10.9 Å². The molecule has 0 fully saturated rings. The number of ketones is 1. The Morgan fingerprint density at radius 1 is 1.06 bits per heavy atom. The maximum absolute atomic E-state index is 12.9. The number of halogens is 1. The van der Waals surface area contributed by atoms with Gasteiger partial charge in [0, 0.05) is 22.1 Å². The van der Waals surface area contributed by atoms with Gasteiger partial charge in [-0.1, -0.05) is 35.9 Å². The van der Waals surface area contributed by atoms with Crippen LogP contribution in [0.1, 0.15) is 31.2 Å². The van der Waals surface area contributed by atoms with Crippen molar-refractivity contribution in [3.05, 3.63) is 96.7 Å². The molecule has 0 aliphatic rings. The molecule has 2 aromatic carbocycles. The van der Waals surface area contributed by atoms with Crippen molar-refractivity contribution in [1.29, 1.82) is 0 Å². The Hall–Kier alpha value is -3.56. The second kappa shape index (κ2) is 9.96. The summed E-state index contributed by atoms with van der Waals surface area (Å²) in [6.07, 6.45) is 0. The quantitative estimate of drug-likeness (QED) is 0.236. The predicted octanol–water partition coefficient (Wildman–Crippen LogP) is 4.01. The Balaban J connectivity index is 1.71. The highest BCUT2D eigenvalue weighted by Crippen LogP contribution is 2.27. The SMILES string of the molecule is O=C(COC(=O)c1ccccc1C(=O)c1ccc(Cl)c([N+](=O)[O-])c1)NCc1cccs1. The maximum Gasteiger partial charge on any atom is 0.339 e. The van der Waals surface area contributed by atoms with Crippen molar-refractivity contribution in [2.45, 2.75) is 6.54 Å². The second-order valence-electron chi connectivity index (χ2n) is 6.23. The van der Waals surface area contributed by atoms with Crippen LogP contribution in [0, 0.1) is 10.1 Å². The summed E-state index contributed by atoms with van der Waals surface area (Å²) in [6, 6.07) is 13.2. The molecule has 3 aromatic rings. The highest BCUT2D eigenvalue weighted by Gasteiger charge is 2.22. The number of hydrogen-bond donors (Lipinski definition) is 1. The van der Waals surface area contributed by atoms with Crippen LogP contribution in [0.25, 0.3) is 0 Å². The van der Waals surface area contributed by atoms with Gasteiger partial charge in [-0.25, -0.2) is 4.79 Å². The number of ether oxygens (including phenoxy) is 1. The van der Waals surface area contributed by atoms with Crippen LogP contribution in [-0.4, -0.2) is 29.2 Å². The van der Waals surface area contributed by atoms with Gasteiger partial charge in [0.2, 0.25) is 0 Å². The van der Waals surface area contributed by atoms with Crippen LogP contribution in [0.3, 0.4) is 0 Å². The molecule has 10 heteroatoms. The Morgan fingerprint density at radius 3 is 2.48 bits per heavy atom. The van der Waals surface area contributed by atoms with Crippen LogP contribution >= 0.6 is 22.9 Å². The summed E-state index contributed by atoms with van der Waals surface area (Å²) in [5.41, 5.74) is -0.501. The minimum absolute atomic E-state index is 0.00922. The van der Waals surface area contributed by atoms with Gasteiger partial charge in [-0.2, -0.15) is 0 Å². The van der Waals surface area contributed by atoms with Gasteiger partial charge >= 0.3 is 5.97 Å². The van der Waals surface area contributed by atoms with Gasteiger partial charge in [0.05, 0.1) is 17.0 Å². The fourth-order valence-corrected chi connectivity index (χ4v) is 3.50. The van der Waals surface area contributed by atoms with Crippen LogP contribution in [0.2, 0.25) is 5.02 Å². The van der Waals surface area contributed by atoms with Crippen molar-refractivity contribution < 1.29 is 24.0 Å². The molecule has 31 heavy (non-hydrogen) atoms. The number of carbonyl (C=O) groups excluding carboxylic acids is 3. The standard InChI is InChI=1S/C21H15ClN2O6S/c22-17-8-7-13(10-18(17)24(28)29)20(26)15-5-1-2-6-16(15)21(27)30-12-19(25)23-11-14-4-3-9-31-14/h1-10H,11-12H2,(H,23,25). The molecule has 3 rings (SSSR count). The fraction of sp³-hybridized carbons (Fsp3) is 0.0952. The first kappa shape index (κ1) is 22.1. The van der Waals surface area contributed by atoms with Crippen molar-refractivity contribution in [2.24, 2.45) is 0 Å². The number of esters is 1. The van der Waals surface area contributed by atoms with Crippen molar-refractivity contribution in [1.82, 2.24) is 5.32 Å². The first-order chi connectivity index (χ1) is 14.9. The summed E-state index contributed by atoms with van der Waals surface area (Å²) < 4.78 is 5.04. The number of carbonyl (C=O) groups is 3. The molecular formula is C21H15ClN2O6S. The number of benzene rings is 2. The number of nitro groups is 1. The summed E-state index contributed by atoms with van der Waals surface area (Å²) in [7, 11) is 0. The molecule has 0 bridgehead atoms. The molecule has 8 nitrogen and oxygen atoms in total. The molecule has 1 N–H and O–H groups in total. The Labute approximate surface area is 185 Å². The molecule has 158 valence electrons. The van der Waals surface area contributed by atoms with Crippen LogP contribution in [-0.2, 0) is 16.1 Å². The van der Waals surface area contributed by atoms with Crippen molar-refractivity contribution in [2.75, 3.05) is 6.61 Å².